The molecule has 2 atom stereocenters. The van der Waals surface area contributed by atoms with Crippen molar-refractivity contribution < 1.29 is 15.3 Å². The van der Waals surface area contributed by atoms with Gasteiger partial charge in [-0.15, -0.1) is 0 Å². The van der Waals surface area contributed by atoms with Crippen LogP contribution < -0.4 is 5.73 Å². The van der Waals surface area contributed by atoms with Gasteiger partial charge in [0.15, 0.2) is 0 Å². The maximum Gasteiger partial charge on any atom is 0.105 e. The molecule has 1 aromatic carbocycles. The molecule has 0 aliphatic heterocycles. The SMILES string of the molecule is NCCC(O)C(O)c1ccc(Br)c(CO)c1. The van der Waals surface area contributed by atoms with E-state index < -0.39 is 12.2 Å². The van der Waals surface area contributed by atoms with E-state index in [1.165, 1.54) is 0 Å². The van der Waals surface area contributed by atoms with Gasteiger partial charge < -0.3 is 21.1 Å². The second kappa shape index (κ2) is 6.32. The van der Waals surface area contributed by atoms with E-state index >= 15 is 0 Å². The Labute approximate surface area is 103 Å². The van der Waals surface area contributed by atoms with E-state index in [2.05, 4.69) is 15.9 Å². The van der Waals surface area contributed by atoms with Crippen molar-refractivity contribution in [1.29, 1.82) is 0 Å². The lowest BCUT2D eigenvalue weighted by molar-refractivity contribution is 0.0149. The quantitative estimate of drug-likeness (QED) is 0.642. The van der Waals surface area contributed by atoms with Crippen LogP contribution in [0.15, 0.2) is 22.7 Å². The van der Waals surface area contributed by atoms with Crippen molar-refractivity contribution in [2.75, 3.05) is 6.54 Å². The molecule has 0 aliphatic carbocycles. The van der Waals surface area contributed by atoms with Gasteiger partial charge in [0.05, 0.1) is 12.7 Å². The van der Waals surface area contributed by atoms with Crippen LogP contribution >= 0.6 is 15.9 Å². The average Bonchev–Trinajstić information content (AvgIpc) is 2.29. The second-order valence-electron chi connectivity index (χ2n) is 3.60. The Balaban J connectivity index is 2.87. The molecule has 0 saturated heterocycles. The van der Waals surface area contributed by atoms with Crippen LogP contribution in [-0.4, -0.2) is 28.0 Å². The molecule has 5 heteroatoms. The van der Waals surface area contributed by atoms with Crippen molar-refractivity contribution in [2.45, 2.75) is 25.2 Å². The number of aliphatic hydroxyl groups excluding tert-OH is 3. The Bertz CT molecular complexity index is 346. The predicted octanol–water partition coefficient (Wildman–Crippen LogP) is 0.684. The first-order chi connectivity index (χ1) is 7.60. The molecular formula is C11H16BrNO3. The number of rotatable bonds is 5. The first-order valence-corrected chi connectivity index (χ1v) is 5.84. The van der Waals surface area contributed by atoms with Crippen molar-refractivity contribution in [3.8, 4) is 0 Å². The minimum atomic E-state index is -0.970. The van der Waals surface area contributed by atoms with E-state index in [-0.39, 0.29) is 6.61 Å². The molecule has 0 amide bonds. The normalized spacial score (nSPS) is 14.8. The lowest BCUT2D eigenvalue weighted by atomic mass is 10.0. The van der Waals surface area contributed by atoms with Gasteiger partial charge in [0.2, 0.25) is 0 Å². The molecule has 0 heterocycles. The summed E-state index contributed by atoms with van der Waals surface area (Å²) in [6.07, 6.45) is -1.51. The van der Waals surface area contributed by atoms with E-state index in [9.17, 15) is 10.2 Å². The van der Waals surface area contributed by atoms with Crippen LogP contribution in [0.4, 0.5) is 0 Å². The molecule has 0 bridgehead atoms. The Hall–Kier alpha value is -0.460. The van der Waals surface area contributed by atoms with Gasteiger partial charge in [-0.1, -0.05) is 22.0 Å². The van der Waals surface area contributed by atoms with Crippen LogP contribution in [-0.2, 0) is 6.61 Å². The number of aliphatic hydroxyl groups is 3. The van der Waals surface area contributed by atoms with E-state index in [1.54, 1.807) is 18.2 Å². The minimum absolute atomic E-state index is 0.117. The van der Waals surface area contributed by atoms with Crippen molar-refractivity contribution >= 4 is 15.9 Å². The van der Waals surface area contributed by atoms with Gasteiger partial charge in [-0.3, -0.25) is 0 Å². The van der Waals surface area contributed by atoms with Crippen LogP contribution in [0.3, 0.4) is 0 Å². The molecule has 1 aromatic rings. The maximum atomic E-state index is 9.83. The molecule has 4 nitrogen and oxygen atoms in total. The number of halogens is 1. The Kier molecular flexibility index (Phi) is 5.37. The number of hydrogen-bond acceptors (Lipinski definition) is 4. The highest BCUT2D eigenvalue weighted by molar-refractivity contribution is 9.10. The first kappa shape index (κ1) is 13.6. The molecule has 0 radical (unpaired) electrons. The molecule has 0 fully saturated rings. The van der Waals surface area contributed by atoms with Gasteiger partial charge in [0.1, 0.15) is 6.10 Å². The summed E-state index contributed by atoms with van der Waals surface area (Å²) >= 11 is 3.28. The lowest BCUT2D eigenvalue weighted by Gasteiger charge is -2.18. The molecule has 0 aliphatic rings. The third-order valence-electron chi connectivity index (χ3n) is 2.41. The fourth-order valence-electron chi connectivity index (χ4n) is 1.45. The average molecular weight is 290 g/mol. The summed E-state index contributed by atoms with van der Waals surface area (Å²) in [5, 5.41) is 28.5. The van der Waals surface area contributed by atoms with Crippen molar-refractivity contribution in [1.82, 2.24) is 0 Å². The van der Waals surface area contributed by atoms with Gasteiger partial charge in [0, 0.05) is 4.47 Å². The predicted molar refractivity (Wildman–Crippen MR) is 64.7 cm³/mol. The van der Waals surface area contributed by atoms with Crippen LogP contribution in [0.1, 0.15) is 23.7 Å². The molecule has 1 rings (SSSR count). The van der Waals surface area contributed by atoms with Crippen LogP contribution in [0.2, 0.25) is 0 Å². The third-order valence-corrected chi connectivity index (χ3v) is 3.18. The number of benzene rings is 1. The first-order valence-electron chi connectivity index (χ1n) is 5.05. The lowest BCUT2D eigenvalue weighted by Crippen LogP contribution is -2.21. The van der Waals surface area contributed by atoms with Gasteiger partial charge in [-0.05, 0) is 36.2 Å². The van der Waals surface area contributed by atoms with Gasteiger partial charge in [-0.2, -0.15) is 0 Å². The molecule has 0 saturated carbocycles. The highest BCUT2D eigenvalue weighted by Gasteiger charge is 2.18. The van der Waals surface area contributed by atoms with E-state index in [4.69, 9.17) is 10.8 Å². The van der Waals surface area contributed by atoms with Crippen LogP contribution in [0.5, 0.6) is 0 Å². The van der Waals surface area contributed by atoms with Crippen LogP contribution in [0.25, 0.3) is 0 Å². The van der Waals surface area contributed by atoms with E-state index in [1.807, 2.05) is 0 Å². The highest BCUT2D eigenvalue weighted by atomic mass is 79.9. The number of nitrogens with two attached hydrogens (primary N) is 1. The largest absolute Gasteiger partial charge is 0.392 e. The zero-order valence-electron chi connectivity index (χ0n) is 8.81. The zero-order valence-corrected chi connectivity index (χ0v) is 10.4. The topological polar surface area (TPSA) is 86.7 Å². The summed E-state index contributed by atoms with van der Waals surface area (Å²) in [5.41, 5.74) is 6.56. The van der Waals surface area contributed by atoms with Gasteiger partial charge in [0.25, 0.3) is 0 Å². The van der Waals surface area contributed by atoms with E-state index in [0.29, 0.717) is 24.1 Å². The fourth-order valence-corrected chi connectivity index (χ4v) is 1.82. The van der Waals surface area contributed by atoms with Crippen molar-refractivity contribution in [3.05, 3.63) is 33.8 Å². The highest BCUT2D eigenvalue weighted by Crippen LogP contribution is 2.24. The fraction of sp³-hybridized carbons (Fsp3) is 0.455. The summed E-state index contributed by atoms with van der Waals surface area (Å²) in [6, 6.07) is 5.10. The van der Waals surface area contributed by atoms with Crippen molar-refractivity contribution in [2.24, 2.45) is 5.73 Å². The summed E-state index contributed by atoms with van der Waals surface area (Å²) < 4.78 is 0.777. The monoisotopic (exact) mass is 289 g/mol. The summed E-state index contributed by atoms with van der Waals surface area (Å²) in [5.74, 6) is 0. The Morgan fingerprint density at radius 2 is 2.00 bits per heavy atom. The Morgan fingerprint density at radius 1 is 1.31 bits per heavy atom. The van der Waals surface area contributed by atoms with Gasteiger partial charge in [-0.25, -0.2) is 0 Å². The molecule has 0 spiro atoms. The molecule has 90 valence electrons. The standard InChI is InChI=1S/C11H16BrNO3/c12-9-2-1-7(5-8(9)6-14)11(16)10(15)3-4-13/h1-2,5,10-11,14-16H,3-4,6,13H2. The summed E-state index contributed by atoms with van der Waals surface area (Å²) in [4.78, 5) is 0. The molecule has 16 heavy (non-hydrogen) atoms. The summed E-state index contributed by atoms with van der Waals surface area (Å²) in [7, 11) is 0. The van der Waals surface area contributed by atoms with Crippen molar-refractivity contribution in [3.63, 3.8) is 0 Å². The molecule has 0 aromatic heterocycles. The molecular weight excluding hydrogens is 274 g/mol. The second-order valence-corrected chi connectivity index (χ2v) is 4.45. The maximum absolute atomic E-state index is 9.83. The number of hydrogen-bond donors (Lipinski definition) is 4. The van der Waals surface area contributed by atoms with E-state index in [0.717, 1.165) is 4.47 Å². The van der Waals surface area contributed by atoms with Crippen LogP contribution in [0, 0.1) is 0 Å². The van der Waals surface area contributed by atoms with Gasteiger partial charge >= 0.3 is 0 Å². The minimum Gasteiger partial charge on any atom is -0.392 e. The third kappa shape index (κ3) is 3.26. The Morgan fingerprint density at radius 3 is 2.56 bits per heavy atom. The molecule has 2 unspecified atom stereocenters. The smallest absolute Gasteiger partial charge is 0.105 e. The molecule has 5 N–H and O–H groups in total. The zero-order chi connectivity index (χ0) is 12.1. The summed E-state index contributed by atoms with van der Waals surface area (Å²) in [6.45, 7) is 0.204.